The highest BCUT2D eigenvalue weighted by atomic mass is 16.7. The SMILES string of the molecule is CCN(CC)CCNC(=O)CC1CN(C(=O)OC2CCC3(CC2)OC3[C@]2(C)O[C@@H]2CC=C(C)C)C1. The van der Waals surface area contributed by atoms with E-state index in [1.54, 1.807) is 4.90 Å². The molecule has 1 spiro atoms. The number of hydrogen-bond acceptors (Lipinski definition) is 6. The minimum atomic E-state index is -0.239. The first-order valence-corrected chi connectivity index (χ1v) is 13.6. The fourth-order valence-electron chi connectivity index (χ4n) is 5.84. The monoisotopic (exact) mass is 491 g/mol. The Morgan fingerprint density at radius 3 is 2.46 bits per heavy atom. The van der Waals surface area contributed by atoms with E-state index in [1.807, 2.05) is 0 Å². The number of allylic oxidation sites excluding steroid dienone is 1. The zero-order valence-electron chi connectivity index (χ0n) is 22.3. The van der Waals surface area contributed by atoms with Crippen LogP contribution < -0.4 is 5.32 Å². The van der Waals surface area contributed by atoms with Crippen molar-refractivity contribution in [1.29, 1.82) is 0 Å². The molecular weight excluding hydrogens is 446 g/mol. The molecule has 3 saturated heterocycles. The van der Waals surface area contributed by atoms with Gasteiger partial charge in [-0.15, -0.1) is 0 Å². The summed E-state index contributed by atoms with van der Waals surface area (Å²) in [7, 11) is 0. The molecule has 0 aromatic heterocycles. The van der Waals surface area contributed by atoms with Gasteiger partial charge >= 0.3 is 6.09 Å². The molecule has 4 rings (SSSR count). The largest absolute Gasteiger partial charge is 0.446 e. The molecule has 198 valence electrons. The Labute approximate surface area is 210 Å². The van der Waals surface area contributed by atoms with Crippen LogP contribution in [0.5, 0.6) is 0 Å². The first-order valence-electron chi connectivity index (χ1n) is 13.6. The molecular formula is C27H45N3O5. The average molecular weight is 492 g/mol. The number of likely N-dealkylation sites (N-methyl/N-ethyl adjacent to an activating group) is 1. The van der Waals surface area contributed by atoms with Gasteiger partial charge in [0.2, 0.25) is 5.91 Å². The molecule has 8 nitrogen and oxygen atoms in total. The van der Waals surface area contributed by atoms with Crippen molar-refractivity contribution >= 4 is 12.0 Å². The maximum Gasteiger partial charge on any atom is 0.410 e. The summed E-state index contributed by atoms with van der Waals surface area (Å²) in [6.07, 6.45) is 7.30. The second-order valence-corrected chi connectivity index (χ2v) is 11.3. The summed E-state index contributed by atoms with van der Waals surface area (Å²) in [4.78, 5) is 28.7. The van der Waals surface area contributed by atoms with E-state index in [2.05, 4.69) is 50.9 Å². The number of carbonyl (C=O) groups is 2. The summed E-state index contributed by atoms with van der Waals surface area (Å²) in [5, 5.41) is 3.00. The van der Waals surface area contributed by atoms with Crippen molar-refractivity contribution in [1.82, 2.24) is 15.1 Å². The van der Waals surface area contributed by atoms with Gasteiger partial charge in [0.15, 0.2) is 0 Å². The second-order valence-electron chi connectivity index (χ2n) is 11.3. The van der Waals surface area contributed by atoms with Crippen LogP contribution in [0, 0.1) is 5.92 Å². The molecule has 3 atom stereocenters. The fraction of sp³-hybridized carbons (Fsp3) is 0.852. The van der Waals surface area contributed by atoms with Gasteiger partial charge in [-0.1, -0.05) is 25.5 Å². The van der Waals surface area contributed by atoms with Crippen LogP contribution in [0.3, 0.4) is 0 Å². The molecule has 4 fully saturated rings. The van der Waals surface area contributed by atoms with Crippen molar-refractivity contribution in [3.63, 3.8) is 0 Å². The van der Waals surface area contributed by atoms with E-state index in [9.17, 15) is 9.59 Å². The predicted octanol–water partition coefficient (Wildman–Crippen LogP) is 3.50. The summed E-state index contributed by atoms with van der Waals surface area (Å²) in [5.41, 5.74) is 1.07. The highest BCUT2D eigenvalue weighted by Crippen LogP contribution is 2.60. The van der Waals surface area contributed by atoms with Gasteiger partial charge in [-0.05, 0) is 66.0 Å². The van der Waals surface area contributed by atoms with E-state index in [0.717, 1.165) is 51.7 Å². The maximum atomic E-state index is 12.6. The number of likely N-dealkylation sites (tertiary alicyclic amines) is 1. The van der Waals surface area contributed by atoms with Gasteiger partial charge < -0.3 is 29.3 Å². The molecule has 3 aliphatic heterocycles. The van der Waals surface area contributed by atoms with Crippen LogP contribution in [0.2, 0.25) is 0 Å². The van der Waals surface area contributed by atoms with Gasteiger partial charge in [0.1, 0.15) is 17.8 Å². The van der Waals surface area contributed by atoms with Crippen LogP contribution in [0.15, 0.2) is 11.6 Å². The fourth-order valence-corrected chi connectivity index (χ4v) is 5.84. The van der Waals surface area contributed by atoms with Crippen molar-refractivity contribution < 1.29 is 23.8 Å². The number of ether oxygens (including phenoxy) is 3. The molecule has 0 aromatic carbocycles. The molecule has 1 N–H and O–H groups in total. The lowest BCUT2D eigenvalue weighted by Crippen LogP contribution is -2.52. The Hall–Kier alpha value is -1.64. The second kappa shape index (κ2) is 10.8. The van der Waals surface area contributed by atoms with Gasteiger partial charge in [-0.25, -0.2) is 4.79 Å². The van der Waals surface area contributed by atoms with Gasteiger partial charge in [-0.3, -0.25) is 4.79 Å². The first-order chi connectivity index (χ1) is 16.7. The lowest BCUT2D eigenvalue weighted by atomic mass is 9.80. The molecule has 8 heteroatoms. The Bertz CT molecular complexity index is 795. The first kappa shape index (κ1) is 26.4. The third-order valence-electron chi connectivity index (χ3n) is 8.39. The summed E-state index contributed by atoms with van der Waals surface area (Å²) in [6, 6.07) is 0. The van der Waals surface area contributed by atoms with Crippen molar-refractivity contribution in [3.05, 3.63) is 11.6 Å². The molecule has 0 aromatic rings. The highest BCUT2D eigenvalue weighted by Gasteiger charge is 2.73. The van der Waals surface area contributed by atoms with E-state index >= 15 is 0 Å². The highest BCUT2D eigenvalue weighted by molar-refractivity contribution is 5.77. The zero-order chi connectivity index (χ0) is 25.2. The number of hydrogen-bond donors (Lipinski definition) is 1. The summed E-state index contributed by atoms with van der Waals surface area (Å²) < 4.78 is 18.0. The summed E-state index contributed by atoms with van der Waals surface area (Å²) in [5.74, 6) is 0.299. The summed E-state index contributed by atoms with van der Waals surface area (Å²) >= 11 is 0. The number of carbonyl (C=O) groups excluding carboxylic acids is 2. The molecule has 1 unspecified atom stereocenters. The minimum Gasteiger partial charge on any atom is -0.446 e. The predicted molar refractivity (Wildman–Crippen MR) is 134 cm³/mol. The van der Waals surface area contributed by atoms with Crippen LogP contribution in [-0.4, -0.2) is 90.6 Å². The Kier molecular flexibility index (Phi) is 8.13. The Morgan fingerprint density at radius 1 is 1.14 bits per heavy atom. The van der Waals surface area contributed by atoms with Gasteiger partial charge in [0.25, 0.3) is 0 Å². The van der Waals surface area contributed by atoms with Crippen LogP contribution in [-0.2, 0) is 19.0 Å². The van der Waals surface area contributed by atoms with E-state index in [0.29, 0.717) is 26.1 Å². The number of amides is 2. The van der Waals surface area contributed by atoms with E-state index in [1.165, 1.54) is 5.57 Å². The standard InChI is InChI=1S/C27H45N3O5/c1-6-29(7-2)15-14-28-23(31)16-20-17-30(18-20)25(32)33-21-10-12-27(13-11-21)24(35-27)26(5)22(34-26)9-8-19(3)4/h8,20-22,24H,6-7,9-18H2,1-5H3,(H,28,31)/t21?,22-,24?,26-,27?/m1/s1. The molecule has 0 bridgehead atoms. The lowest BCUT2D eigenvalue weighted by molar-refractivity contribution is -0.123. The van der Waals surface area contributed by atoms with Gasteiger partial charge in [0, 0.05) is 38.5 Å². The van der Waals surface area contributed by atoms with Crippen LogP contribution in [0.25, 0.3) is 0 Å². The van der Waals surface area contributed by atoms with Gasteiger partial charge in [-0.2, -0.15) is 0 Å². The smallest absolute Gasteiger partial charge is 0.410 e. The average Bonchev–Trinajstić information content (AvgIpc) is 3.69. The van der Waals surface area contributed by atoms with E-state index in [4.69, 9.17) is 14.2 Å². The van der Waals surface area contributed by atoms with E-state index in [-0.39, 0.29) is 47.4 Å². The van der Waals surface area contributed by atoms with Crippen LogP contribution in [0.4, 0.5) is 4.79 Å². The van der Waals surface area contributed by atoms with Gasteiger partial charge in [0.05, 0.1) is 11.7 Å². The topological polar surface area (TPSA) is 86.9 Å². The third-order valence-corrected chi connectivity index (χ3v) is 8.39. The quantitative estimate of drug-likeness (QED) is 0.352. The molecule has 2 amide bonds. The number of nitrogens with one attached hydrogen (secondary N) is 1. The normalized spacial score (nSPS) is 33.9. The Balaban J connectivity index is 1.09. The lowest BCUT2D eigenvalue weighted by Gasteiger charge is -2.39. The Morgan fingerprint density at radius 2 is 1.83 bits per heavy atom. The molecule has 4 aliphatic rings. The summed E-state index contributed by atoms with van der Waals surface area (Å²) in [6.45, 7) is 15.4. The third kappa shape index (κ3) is 6.20. The van der Waals surface area contributed by atoms with Crippen molar-refractivity contribution in [3.8, 4) is 0 Å². The van der Waals surface area contributed by atoms with Crippen LogP contribution >= 0.6 is 0 Å². The molecule has 35 heavy (non-hydrogen) atoms. The maximum absolute atomic E-state index is 12.6. The minimum absolute atomic E-state index is 0.0465. The number of epoxide rings is 2. The molecule has 0 radical (unpaired) electrons. The van der Waals surface area contributed by atoms with Crippen molar-refractivity contribution in [2.24, 2.45) is 5.92 Å². The van der Waals surface area contributed by atoms with Crippen LogP contribution in [0.1, 0.15) is 73.1 Å². The molecule has 1 aliphatic carbocycles. The number of nitrogens with zero attached hydrogens (tertiary/aromatic N) is 2. The molecule has 1 saturated carbocycles. The zero-order valence-corrected chi connectivity index (χ0v) is 22.3. The number of rotatable bonds is 11. The van der Waals surface area contributed by atoms with Crippen molar-refractivity contribution in [2.75, 3.05) is 39.3 Å². The molecule has 3 heterocycles. The van der Waals surface area contributed by atoms with E-state index < -0.39 is 0 Å². The van der Waals surface area contributed by atoms with Crippen molar-refractivity contribution in [2.45, 2.75) is 103 Å².